The number of aromatic nitrogens is 1. The van der Waals surface area contributed by atoms with Gasteiger partial charge in [-0.2, -0.15) is 0 Å². The largest absolute Gasteiger partial charge is 0.351 e. The van der Waals surface area contributed by atoms with Gasteiger partial charge in [-0.15, -0.1) is 0 Å². The number of hydrogen-bond acceptors (Lipinski definition) is 4. The lowest BCUT2D eigenvalue weighted by molar-refractivity contribution is -0.117. The minimum atomic E-state index is -0.164. The lowest BCUT2D eigenvalue weighted by Crippen LogP contribution is -2.29. The summed E-state index contributed by atoms with van der Waals surface area (Å²) in [5.41, 5.74) is 1.38. The van der Waals surface area contributed by atoms with Crippen LogP contribution < -0.4 is 10.0 Å². The second kappa shape index (κ2) is 8.80. The van der Waals surface area contributed by atoms with Crippen molar-refractivity contribution in [3.8, 4) is 0 Å². The van der Waals surface area contributed by atoms with E-state index in [1.807, 2.05) is 24.5 Å². The van der Waals surface area contributed by atoms with Gasteiger partial charge in [0.15, 0.2) is 0 Å². The van der Waals surface area contributed by atoms with Crippen molar-refractivity contribution in [2.45, 2.75) is 13.3 Å². The maximum absolute atomic E-state index is 12.4. The summed E-state index contributed by atoms with van der Waals surface area (Å²) in [5.74, 6) is -0.261. The van der Waals surface area contributed by atoms with Gasteiger partial charge in [-0.1, -0.05) is 23.2 Å². The third kappa shape index (κ3) is 5.04. The van der Waals surface area contributed by atoms with Crippen molar-refractivity contribution in [1.82, 2.24) is 18.9 Å². The zero-order chi connectivity index (χ0) is 18.6. The number of nitrogens with zero attached hydrogens (tertiary/aromatic N) is 2. The summed E-state index contributed by atoms with van der Waals surface area (Å²) >= 11 is 13.5. The average molecular weight is 403 g/mol. The summed E-state index contributed by atoms with van der Waals surface area (Å²) in [5, 5.41) is 4.57. The van der Waals surface area contributed by atoms with E-state index in [-0.39, 0.29) is 11.8 Å². The third-order valence-corrected chi connectivity index (χ3v) is 5.32. The van der Waals surface area contributed by atoms with Gasteiger partial charge in [0.05, 0.1) is 10.0 Å². The van der Waals surface area contributed by atoms with Crippen LogP contribution in [0.25, 0.3) is 10.9 Å². The van der Waals surface area contributed by atoms with E-state index in [1.165, 1.54) is 19.1 Å². The fraction of sp³-hybridized carbons (Fsp3) is 0.375. The maximum Gasteiger partial charge on any atom is 0.267 e. The lowest BCUT2D eigenvalue weighted by Gasteiger charge is -2.14. The highest BCUT2D eigenvalue weighted by atomic mass is 35.5. The first-order chi connectivity index (χ1) is 11.8. The summed E-state index contributed by atoms with van der Waals surface area (Å²) in [7, 11) is 3.69. The number of rotatable bonds is 7. The van der Waals surface area contributed by atoms with Gasteiger partial charge >= 0.3 is 0 Å². The van der Waals surface area contributed by atoms with Gasteiger partial charge in [0.2, 0.25) is 5.91 Å². The van der Waals surface area contributed by atoms with Crippen LogP contribution in [0.2, 0.25) is 10.0 Å². The molecule has 136 valence electrons. The summed E-state index contributed by atoms with van der Waals surface area (Å²) in [4.78, 5) is 23.2. The Hall–Kier alpha value is -1.41. The van der Waals surface area contributed by atoms with Crippen molar-refractivity contribution in [2.24, 2.45) is 7.05 Å². The molecule has 0 fully saturated rings. The topological polar surface area (TPSA) is 66.4 Å². The number of carbonyl (C=O) groups excluding carboxylic acids is 2. The molecule has 0 saturated heterocycles. The molecule has 0 aliphatic rings. The normalized spacial score (nSPS) is 11.1. The summed E-state index contributed by atoms with van der Waals surface area (Å²) in [6.07, 6.45) is 0.755. The molecule has 0 bridgehead atoms. The second-order valence-corrected chi connectivity index (χ2v) is 7.39. The predicted octanol–water partition coefficient (Wildman–Crippen LogP) is 3.24. The molecule has 1 aromatic heterocycles. The predicted molar refractivity (Wildman–Crippen MR) is 104 cm³/mol. The highest BCUT2D eigenvalue weighted by molar-refractivity contribution is 7.95. The molecule has 0 spiro atoms. The van der Waals surface area contributed by atoms with E-state index in [0.717, 1.165) is 23.9 Å². The van der Waals surface area contributed by atoms with Crippen LogP contribution in [-0.4, -0.2) is 40.8 Å². The van der Waals surface area contributed by atoms with E-state index in [2.05, 4.69) is 10.0 Å². The number of halogens is 2. The van der Waals surface area contributed by atoms with Gasteiger partial charge in [-0.3, -0.25) is 14.3 Å². The Morgan fingerprint density at radius 1 is 1.32 bits per heavy atom. The van der Waals surface area contributed by atoms with E-state index in [9.17, 15) is 9.59 Å². The molecular weight excluding hydrogens is 383 g/mol. The van der Waals surface area contributed by atoms with Crippen LogP contribution in [-0.2, 0) is 11.8 Å². The van der Waals surface area contributed by atoms with Crippen molar-refractivity contribution in [3.05, 3.63) is 33.9 Å². The van der Waals surface area contributed by atoms with Gasteiger partial charge in [0.1, 0.15) is 5.69 Å². The Morgan fingerprint density at radius 3 is 2.72 bits per heavy atom. The van der Waals surface area contributed by atoms with Crippen LogP contribution in [0.5, 0.6) is 0 Å². The van der Waals surface area contributed by atoms with Gasteiger partial charge in [0.25, 0.3) is 5.91 Å². The first kappa shape index (κ1) is 19.9. The first-order valence-electron chi connectivity index (χ1n) is 7.67. The molecule has 2 rings (SSSR count). The smallest absolute Gasteiger partial charge is 0.267 e. The zero-order valence-electron chi connectivity index (χ0n) is 14.2. The summed E-state index contributed by atoms with van der Waals surface area (Å²) in [6.45, 7) is 2.71. The summed E-state index contributed by atoms with van der Waals surface area (Å²) in [6, 6.07) is 5.31. The van der Waals surface area contributed by atoms with Crippen LogP contribution in [0.1, 0.15) is 23.8 Å². The molecule has 25 heavy (non-hydrogen) atoms. The highest BCUT2D eigenvalue weighted by Gasteiger charge is 2.16. The molecule has 9 heteroatoms. The molecule has 0 aliphatic heterocycles. The molecule has 0 aliphatic carbocycles. The molecule has 2 N–H and O–H groups in total. The zero-order valence-corrected chi connectivity index (χ0v) is 16.6. The molecule has 2 aromatic rings. The number of fused-ring (bicyclic) bond motifs is 1. The molecular formula is C16H20Cl2N4O2S. The number of aryl methyl sites for hydroxylation is 1. The monoisotopic (exact) mass is 402 g/mol. The van der Waals surface area contributed by atoms with Crippen molar-refractivity contribution < 1.29 is 9.59 Å². The van der Waals surface area contributed by atoms with Crippen LogP contribution in [0.15, 0.2) is 18.2 Å². The molecule has 1 aromatic carbocycles. The van der Waals surface area contributed by atoms with Crippen molar-refractivity contribution in [3.63, 3.8) is 0 Å². The lowest BCUT2D eigenvalue weighted by atomic mass is 10.2. The molecule has 0 saturated carbocycles. The fourth-order valence-corrected chi connectivity index (χ4v) is 3.23. The average Bonchev–Trinajstić information content (AvgIpc) is 2.90. The number of hydrogen-bond donors (Lipinski definition) is 2. The van der Waals surface area contributed by atoms with Crippen molar-refractivity contribution >= 4 is 58.1 Å². The molecule has 2 amide bonds. The van der Waals surface area contributed by atoms with E-state index >= 15 is 0 Å². The van der Waals surface area contributed by atoms with Crippen molar-refractivity contribution in [1.29, 1.82) is 0 Å². The number of carbonyl (C=O) groups is 2. The van der Waals surface area contributed by atoms with E-state index in [4.69, 9.17) is 23.2 Å². The molecule has 0 radical (unpaired) electrons. The molecule has 1 heterocycles. The Labute approximate surface area is 161 Å². The summed E-state index contributed by atoms with van der Waals surface area (Å²) < 4.78 is 6.33. The number of amides is 2. The highest BCUT2D eigenvalue weighted by Crippen LogP contribution is 2.32. The van der Waals surface area contributed by atoms with Gasteiger partial charge in [-0.05, 0) is 31.7 Å². The maximum atomic E-state index is 12.4. The third-order valence-electron chi connectivity index (χ3n) is 3.63. The number of benzene rings is 1. The van der Waals surface area contributed by atoms with E-state index in [1.54, 1.807) is 16.7 Å². The Balaban J connectivity index is 1.91. The van der Waals surface area contributed by atoms with Crippen LogP contribution in [0.3, 0.4) is 0 Å². The minimum absolute atomic E-state index is 0.0975. The van der Waals surface area contributed by atoms with Crippen LogP contribution >= 0.6 is 35.3 Å². The Morgan fingerprint density at radius 2 is 2.04 bits per heavy atom. The van der Waals surface area contributed by atoms with E-state index < -0.39 is 0 Å². The van der Waals surface area contributed by atoms with Gasteiger partial charge in [-0.25, -0.2) is 4.31 Å². The molecule has 6 nitrogen and oxygen atoms in total. The number of nitrogens with one attached hydrogen (secondary N) is 2. The standard InChI is InChI=1S/C16H20Cl2N4O2S/c1-10(23)20-25-21(2)8-4-7-19-16(24)14-9-11-13(22(14)3)6-5-12(17)15(11)18/h5-6,9H,4,7-8H2,1-3H3,(H,19,24)(H,20,23). The SMILES string of the molecule is CC(=O)NSN(C)CCCNC(=O)c1cc2c(Cl)c(Cl)ccc2n1C. The van der Waals surface area contributed by atoms with E-state index in [0.29, 0.717) is 22.3 Å². The quantitative estimate of drug-likeness (QED) is 0.550. The van der Waals surface area contributed by atoms with Gasteiger partial charge < -0.3 is 9.88 Å². The molecule has 0 atom stereocenters. The second-order valence-electron chi connectivity index (χ2n) is 5.59. The molecule has 0 unspecified atom stereocenters. The van der Waals surface area contributed by atoms with Crippen LogP contribution in [0, 0.1) is 0 Å². The van der Waals surface area contributed by atoms with Gasteiger partial charge in [0, 0.05) is 50.1 Å². The first-order valence-corrected chi connectivity index (χ1v) is 9.20. The Bertz CT molecular complexity index is 794. The fourth-order valence-electron chi connectivity index (χ4n) is 2.35. The van der Waals surface area contributed by atoms with Crippen molar-refractivity contribution in [2.75, 3.05) is 20.1 Å². The van der Waals surface area contributed by atoms with Crippen LogP contribution in [0.4, 0.5) is 0 Å². The Kier molecular flexibility index (Phi) is 7.01. The minimum Gasteiger partial charge on any atom is -0.351 e.